The first-order valence-electron chi connectivity index (χ1n) is 6.04. The van der Waals surface area contributed by atoms with Crippen molar-refractivity contribution >= 4 is 11.8 Å². The number of aliphatic hydroxyl groups is 1. The number of halogens is 3. The zero-order valence-corrected chi connectivity index (χ0v) is 10.9. The van der Waals surface area contributed by atoms with Gasteiger partial charge in [-0.05, 0) is 18.6 Å². The molecule has 1 aromatic rings. The van der Waals surface area contributed by atoms with Gasteiger partial charge in [-0.1, -0.05) is 6.92 Å². The molecule has 1 aliphatic heterocycles. The van der Waals surface area contributed by atoms with Crippen LogP contribution < -0.4 is 4.90 Å². The van der Waals surface area contributed by atoms with Crippen LogP contribution >= 0.6 is 0 Å². The van der Waals surface area contributed by atoms with E-state index in [1.54, 1.807) is 6.92 Å². The molecule has 2 unspecified atom stereocenters. The SMILES string of the molecule is CCC1C(O)N(c2cc(C(F)(F)F)ccn2)C(=O)N1C. The molecule has 1 aromatic heterocycles. The third-order valence-corrected chi connectivity index (χ3v) is 3.35. The molecule has 2 rings (SSSR count). The normalized spacial score (nSPS) is 23.6. The van der Waals surface area contributed by atoms with Crippen molar-refractivity contribution in [3.63, 3.8) is 0 Å². The van der Waals surface area contributed by atoms with Crippen LogP contribution in [-0.2, 0) is 6.18 Å². The first kappa shape index (κ1) is 14.6. The number of aliphatic hydroxyl groups excluding tert-OH is 1. The maximum atomic E-state index is 12.7. The lowest BCUT2D eigenvalue weighted by Gasteiger charge is -2.20. The van der Waals surface area contributed by atoms with Crippen LogP contribution in [0.3, 0.4) is 0 Å². The van der Waals surface area contributed by atoms with E-state index >= 15 is 0 Å². The predicted molar refractivity (Wildman–Crippen MR) is 65.0 cm³/mol. The van der Waals surface area contributed by atoms with Gasteiger partial charge in [-0.2, -0.15) is 13.2 Å². The number of nitrogens with zero attached hydrogens (tertiary/aromatic N) is 3. The third-order valence-electron chi connectivity index (χ3n) is 3.35. The second-order valence-electron chi connectivity index (χ2n) is 4.55. The number of likely N-dealkylation sites (N-methyl/N-ethyl adjacent to an activating group) is 1. The number of alkyl halides is 3. The molecule has 0 aromatic carbocycles. The summed E-state index contributed by atoms with van der Waals surface area (Å²) in [7, 11) is 1.49. The number of urea groups is 1. The molecule has 1 N–H and O–H groups in total. The standard InChI is InChI=1S/C12H14F3N3O2/c1-3-8-10(19)18(11(20)17(8)2)9-6-7(4-5-16-9)12(13,14)15/h4-6,8,10,19H,3H2,1-2H3. The van der Waals surface area contributed by atoms with E-state index in [-0.39, 0.29) is 5.82 Å². The van der Waals surface area contributed by atoms with Gasteiger partial charge in [0.2, 0.25) is 0 Å². The highest BCUT2D eigenvalue weighted by molar-refractivity contribution is 5.94. The van der Waals surface area contributed by atoms with Crippen LogP contribution in [0.15, 0.2) is 18.3 Å². The number of hydrogen-bond acceptors (Lipinski definition) is 3. The molecule has 1 saturated heterocycles. The van der Waals surface area contributed by atoms with Crippen molar-refractivity contribution in [3.8, 4) is 0 Å². The van der Waals surface area contributed by atoms with Gasteiger partial charge in [0, 0.05) is 13.2 Å². The van der Waals surface area contributed by atoms with E-state index in [2.05, 4.69) is 4.98 Å². The van der Waals surface area contributed by atoms with Gasteiger partial charge in [0.25, 0.3) is 0 Å². The molecule has 20 heavy (non-hydrogen) atoms. The Balaban J connectivity index is 2.39. The van der Waals surface area contributed by atoms with Crippen LogP contribution in [0.5, 0.6) is 0 Å². The Labute approximate surface area is 113 Å². The lowest BCUT2D eigenvalue weighted by atomic mass is 10.2. The fourth-order valence-electron chi connectivity index (χ4n) is 2.24. The van der Waals surface area contributed by atoms with Gasteiger partial charge in [0.05, 0.1) is 11.6 Å². The summed E-state index contributed by atoms with van der Waals surface area (Å²) in [5.41, 5.74) is -0.912. The van der Waals surface area contributed by atoms with Crippen molar-refractivity contribution in [1.82, 2.24) is 9.88 Å². The Morgan fingerprint density at radius 3 is 2.60 bits per heavy atom. The summed E-state index contributed by atoms with van der Waals surface area (Å²) in [4.78, 5) is 18.0. The Morgan fingerprint density at radius 1 is 1.45 bits per heavy atom. The molecule has 2 heterocycles. The fourth-order valence-corrected chi connectivity index (χ4v) is 2.24. The Kier molecular flexibility index (Phi) is 3.59. The van der Waals surface area contributed by atoms with Crippen molar-refractivity contribution in [3.05, 3.63) is 23.9 Å². The lowest BCUT2D eigenvalue weighted by molar-refractivity contribution is -0.137. The maximum Gasteiger partial charge on any atom is 0.416 e. The molecule has 110 valence electrons. The van der Waals surface area contributed by atoms with Gasteiger partial charge in [-0.15, -0.1) is 0 Å². The summed E-state index contributed by atoms with van der Waals surface area (Å²) in [6.07, 6.45) is -4.29. The molecule has 2 amide bonds. The minimum absolute atomic E-state index is 0.208. The molecule has 0 bridgehead atoms. The van der Waals surface area contributed by atoms with E-state index in [1.165, 1.54) is 11.9 Å². The summed E-state index contributed by atoms with van der Waals surface area (Å²) >= 11 is 0. The molecule has 5 nitrogen and oxygen atoms in total. The number of hydrogen-bond donors (Lipinski definition) is 1. The van der Waals surface area contributed by atoms with Crippen LogP contribution in [0.2, 0.25) is 0 Å². The number of carbonyl (C=O) groups is 1. The maximum absolute atomic E-state index is 12.7. The van der Waals surface area contributed by atoms with Gasteiger partial charge in [-0.25, -0.2) is 14.7 Å². The van der Waals surface area contributed by atoms with Crippen LogP contribution in [0.1, 0.15) is 18.9 Å². The van der Waals surface area contributed by atoms with Crippen molar-refractivity contribution < 1.29 is 23.1 Å². The third kappa shape index (κ3) is 2.31. The minimum Gasteiger partial charge on any atom is -0.371 e. The van der Waals surface area contributed by atoms with Gasteiger partial charge in [-0.3, -0.25) is 0 Å². The van der Waals surface area contributed by atoms with E-state index < -0.39 is 30.0 Å². The monoisotopic (exact) mass is 289 g/mol. The zero-order valence-electron chi connectivity index (χ0n) is 10.9. The highest BCUT2D eigenvalue weighted by Gasteiger charge is 2.44. The average molecular weight is 289 g/mol. The van der Waals surface area contributed by atoms with Gasteiger partial charge in [0.15, 0.2) is 6.23 Å². The summed E-state index contributed by atoms with van der Waals surface area (Å²) < 4.78 is 38.0. The molecule has 2 atom stereocenters. The quantitative estimate of drug-likeness (QED) is 0.906. The molecule has 1 aliphatic rings. The fraction of sp³-hybridized carbons (Fsp3) is 0.500. The Morgan fingerprint density at radius 2 is 2.10 bits per heavy atom. The molecule has 8 heteroatoms. The topological polar surface area (TPSA) is 56.7 Å². The van der Waals surface area contributed by atoms with E-state index in [9.17, 15) is 23.1 Å². The summed E-state index contributed by atoms with van der Waals surface area (Å²) in [5.74, 6) is -0.208. The second kappa shape index (κ2) is 4.93. The highest BCUT2D eigenvalue weighted by atomic mass is 19.4. The van der Waals surface area contributed by atoms with Gasteiger partial charge in [0.1, 0.15) is 5.82 Å². The molecule has 0 aliphatic carbocycles. The average Bonchev–Trinajstić information content (AvgIpc) is 2.59. The number of pyridine rings is 1. The van der Waals surface area contributed by atoms with Gasteiger partial charge >= 0.3 is 12.2 Å². The van der Waals surface area contributed by atoms with Crippen LogP contribution in [-0.4, -0.2) is 40.3 Å². The van der Waals surface area contributed by atoms with Crippen molar-refractivity contribution in [2.45, 2.75) is 31.8 Å². The summed E-state index contributed by atoms with van der Waals surface area (Å²) in [6.45, 7) is 1.78. The minimum atomic E-state index is -4.53. The van der Waals surface area contributed by atoms with E-state index in [0.717, 1.165) is 23.2 Å². The Hall–Kier alpha value is -1.83. The molecular formula is C12H14F3N3O2. The van der Waals surface area contributed by atoms with Crippen molar-refractivity contribution in [1.29, 1.82) is 0 Å². The van der Waals surface area contributed by atoms with Crippen molar-refractivity contribution in [2.75, 3.05) is 11.9 Å². The van der Waals surface area contributed by atoms with E-state index in [1.807, 2.05) is 0 Å². The van der Waals surface area contributed by atoms with Crippen LogP contribution in [0.4, 0.5) is 23.8 Å². The second-order valence-corrected chi connectivity index (χ2v) is 4.55. The number of rotatable bonds is 2. The highest BCUT2D eigenvalue weighted by Crippen LogP contribution is 2.33. The zero-order chi connectivity index (χ0) is 15.1. The van der Waals surface area contributed by atoms with E-state index in [4.69, 9.17) is 0 Å². The van der Waals surface area contributed by atoms with Crippen LogP contribution in [0.25, 0.3) is 0 Å². The van der Waals surface area contributed by atoms with Crippen molar-refractivity contribution in [2.24, 2.45) is 0 Å². The first-order valence-corrected chi connectivity index (χ1v) is 6.04. The largest absolute Gasteiger partial charge is 0.416 e. The number of amides is 2. The molecule has 0 saturated carbocycles. The summed E-state index contributed by atoms with van der Waals surface area (Å²) in [5, 5.41) is 10.1. The van der Waals surface area contributed by atoms with E-state index in [0.29, 0.717) is 6.42 Å². The molecule has 1 fully saturated rings. The molecule has 0 spiro atoms. The lowest BCUT2D eigenvalue weighted by Crippen LogP contribution is -2.37. The van der Waals surface area contributed by atoms with Crippen LogP contribution in [0, 0.1) is 0 Å². The molecular weight excluding hydrogens is 275 g/mol. The number of anilines is 1. The first-order chi connectivity index (χ1) is 9.27. The number of aromatic nitrogens is 1. The summed E-state index contributed by atoms with van der Waals surface area (Å²) in [6, 6.07) is 0.528. The molecule has 0 radical (unpaired) electrons. The van der Waals surface area contributed by atoms with Gasteiger partial charge < -0.3 is 10.0 Å². The number of carbonyl (C=O) groups excluding carboxylic acids is 1. The smallest absolute Gasteiger partial charge is 0.371 e. The predicted octanol–water partition coefficient (Wildman–Crippen LogP) is 2.07. The Bertz CT molecular complexity index is 521.